The summed E-state index contributed by atoms with van der Waals surface area (Å²) in [6, 6.07) is 0.390. The molecule has 0 bridgehead atoms. The fraction of sp³-hybridized carbons (Fsp3) is 0.562. The maximum Gasteiger partial charge on any atom is 0.414 e. The molecule has 12 heteroatoms. The third kappa shape index (κ3) is 8.25. The number of hydrazine groups is 1. The minimum Gasteiger partial charge on any atom is -0.388 e. The Morgan fingerprint density at radius 2 is 2.04 bits per heavy atom. The van der Waals surface area contributed by atoms with Gasteiger partial charge in [0, 0.05) is 12.5 Å². The zero-order valence-electron chi connectivity index (χ0n) is 15.9. The van der Waals surface area contributed by atoms with Gasteiger partial charge in [-0.2, -0.15) is 0 Å². The minimum atomic E-state index is -1.01. The molecule has 1 aromatic heterocycles. The Morgan fingerprint density at radius 3 is 2.54 bits per heavy atom. The highest BCUT2D eigenvalue weighted by Gasteiger charge is 2.26. The van der Waals surface area contributed by atoms with Gasteiger partial charge in [-0.15, -0.1) is 11.6 Å². The number of aromatic nitrogens is 1. The van der Waals surface area contributed by atoms with Crippen LogP contribution in [-0.4, -0.2) is 52.4 Å². The van der Waals surface area contributed by atoms with E-state index in [2.05, 4.69) is 15.9 Å². The Hall–Kier alpha value is -2.82. The van der Waals surface area contributed by atoms with Gasteiger partial charge in [0.05, 0.1) is 6.54 Å². The second-order valence-corrected chi connectivity index (χ2v) is 6.63. The second-order valence-electron chi connectivity index (χ2n) is 6.36. The zero-order chi connectivity index (χ0) is 21.3. The summed E-state index contributed by atoms with van der Waals surface area (Å²) in [5.74, 6) is -1.93. The molecule has 1 atom stereocenters. The Kier molecular flexibility index (Phi) is 9.22. The first-order valence-electron chi connectivity index (χ1n) is 8.49. The van der Waals surface area contributed by atoms with Crippen molar-refractivity contribution in [3.63, 3.8) is 0 Å². The second kappa shape index (κ2) is 11.1. The molecule has 1 heterocycles. The van der Waals surface area contributed by atoms with E-state index in [4.69, 9.17) is 26.6 Å². The van der Waals surface area contributed by atoms with E-state index < -0.39 is 35.7 Å². The summed E-state index contributed by atoms with van der Waals surface area (Å²) < 4.78 is 9.74. The number of carbonyl (C=O) groups is 4. The summed E-state index contributed by atoms with van der Waals surface area (Å²) in [5, 5.41) is 6.83. The first-order chi connectivity index (χ1) is 13.1. The molecule has 28 heavy (non-hydrogen) atoms. The summed E-state index contributed by atoms with van der Waals surface area (Å²) in [6.07, 6.45) is -0.822. The van der Waals surface area contributed by atoms with Crippen molar-refractivity contribution in [3.8, 4) is 5.88 Å². The monoisotopic (exact) mass is 417 g/mol. The molecule has 0 spiro atoms. The molecule has 4 N–H and O–H groups in total. The van der Waals surface area contributed by atoms with Gasteiger partial charge in [0.15, 0.2) is 0 Å². The number of primary amides is 1. The number of rotatable bonds is 9. The molecule has 0 aliphatic rings. The van der Waals surface area contributed by atoms with Crippen molar-refractivity contribution in [3.05, 3.63) is 11.8 Å². The molecule has 0 aliphatic heterocycles. The van der Waals surface area contributed by atoms with Gasteiger partial charge < -0.3 is 20.3 Å². The molecule has 0 saturated carbocycles. The molecule has 0 radical (unpaired) electrons. The number of amides is 4. The molecule has 1 aromatic rings. The number of nitrogens with zero attached hydrogens (tertiary/aromatic N) is 2. The molecule has 0 aliphatic carbocycles. The van der Waals surface area contributed by atoms with Crippen LogP contribution in [0.25, 0.3) is 0 Å². The standard InChI is InChI=1S/C16H24ClN5O6/c1-9(2)6-11(19-16(26)27-13-7-10(3)28-21-13)15(25)20-22(14(24)8-17)5-4-12(18)23/h7,9,11H,4-6,8H2,1-3H3,(H2,18,23)(H,19,26)(H,20,25)/t11-/m0/s1. The number of alkyl halides is 1. The van der Waals surface area contributed by atoms with Gasteiger partial charge in [0.25, 0.3) is 17.7 Å². The van der Waals surface area contributed by atoms with E-state index in [-0.39, 0.29) is 31.2 Å². The SMILES string of the molecule is Cc1cc(OC(=O)N[C@@H](CC(C)C)C(=O)NN(CCC(N)=O)C(=O)CCl)no1. The van der Waals surface area contributed by atoms with E-state index in [0.29, 0.717) is 5.76 Å². The van der Waals surface area contributed by atoms with Gasteiger partial charge in [-0.3, -0.25) is 24.8 Å². The molecule has 0 unspecified atom stereocenters. The van der Waals surface area contributed by atoms with Crippen LogP contribution in [0.2, 0.25) is 0 Å². The fourth-order valence-corrected chi connectivity index (χ4v) is 2.25. The van der Waals surface area contributed by atoms with Crippen molar-refractivity contribution in [2.75, 3.05) is 12.4 Å². The molecule has 0 saturated heterocycles. The van der Waals surface area contributed by atoms with E-state index in [0.717, 1.165) is 5.01 Å². The van der Waals surface area contributed by atoms with Gasteiger partial charge in [0.2, 0.25) is 5.91 Å². The van der Waals surface area contributed by atoms with E-state index >= 15 is 0 Å². The first-order valence-corrected chi connectivity index (χ1v) is 9.02. The maximum atomic E-state index is 12.6. The van der Waals surface area contributed by atoms with Crippen molar-refractivity contribution in [1.82, 2.24) is 20.9 Å². The van der Waals surface area contributed by atoms with Crippen molar-refractivity contribution < 1.29 is 28.4 Å². The van der Waals surface area contributed by atoms with Crippen LogP contribution in [0, 0.1) is 12.8 Å². The lowest BCUT2D eigenvalue weighted by atomic mass is 10.0. The van der Waals surface area contributed by atoms with E-state index in [1.165, 1.54) is 6.07 Å². The predicted octanol–water partition coefficient (Wildman–Crippen LogP) is 0.460. The fourth-order valence-electron chi connectivity index (χ4n) is 2.11. The van der Waals surface area contributed by atoms with E-state index in [1.54, 1.807) is 6.92 Å². The summed E-state index contributed by atoms with van der Waals surface area (Å²) >= 11 is 5.52. The summed E-state index contributed by atoms with van der Waals surface area (Å²) in [6.45, 7) is 5.18. The van der Waals surface area contributed by atoms with Crippen LogP contribution in [0.15, 0.2) is 10.6 Å². The number of nitrogens with one attached hydrogen (secondary N) is 2. The Balaban J connectivity index is 2.79. The molecule has 156 valence electrons. The average molecular weight is 418 g/mol. The molecular formula is C16H24ClN5O6. The zero-order valence-corrected chi connectivity index (χ0v) is 16.6. The molecule has 4 amide bonds. The molecule has 11 nitrogen and oxygen atoms in total. The van der Waals surface area contributed by atoms with Gasteiger partial charge >= 0.3 is 6.09 Å². The Morgan fingerprint density at radius 1 is 1.36 bits per heavy atom. The minimum absolute atomic E-state index is 0.0353. The third-order valence-corrected chi connectivity index (χ3v) is 3.59. The van der Waals surface area contributed by atoms with Crippen molar-refractivity contribution >= 4 is 35.4 Å². The van der Waals surface area contributed by atoms with E-state index in [9.17, 15) is 19.2 Å². The van der Waals surface area contributed by atoms with Crippen LogP contribution < -0.4 is 21.2 Å². The predicted molar refractivity (Wildman–Crippen MR) is 98.0 cm³/mol. The quantitative estimate of drug-likeness (QED) is 0.389. The molecular weight excluding hydrogens is 394 g/mol. The van der Waals surface area contributed by atoms with Gasteiger partial charge in [-0.1, -0.05) is 13.8 Å². The third-order valence-electron chi connectivity index (χ3n) is 3.36. The van der Waals surface area contributed by atoms with Crippen molar-refractivity contribution in [1.29, 1.82) is 0 Å². The number of ether oxygens (including phenoxy) is 1. The number of hydrogen-bond donors (Lipinski definition) is 3. The first kappa shape index (κ1) is 23.2. The maximum absolute atomic E-state index is 12.6. The van der Waals surface area contributed by atoms with Gasteiger partial charge in [0.1, 0.15) is 17.7 Å². The number of nitrogens with two attached hydrogens (primary N) is 1. The Labute approximate surface area is 166 Å². The number of carbonyl (C=O) groups excluding carboxylic acids is 4. The highest BCUT2D eigenvalue weighted by Crippen LogP contribution is 2.11. The van der Waals surface area contributed by atoms with Crippen LogP contribution in [0.4, 0.5) is 4.79 Å². The molecule has 0 aromatic carbocycles. The summed E-state index contributed by atoms with van der Waals surface area (Å²) in [4.78, 5) is 47.4. The van der Waals surface area contributed by atoms with E-state index in [1.807, 2.05) is 13.8 Å². The topological polar surface area (TPSA) is 157 Å². The normalized spacial score (nSPS) is 11.6. The lowest BCUT2D eigenvalue weighted by molar-refractivity contribution is -0.141. The highest BCUT2D eigenvalue weighted by atomic mass is 35.5. The van der Waals surface area contributed by atoms with Crippen LogP contribution >= 0.6 is 11.6 Å². The van der Waals surface area contributed by atoms with Crippen LogP contribution in [0.3, 0.4) is 0 Å². The van der Waals surface area contributed by atoms with Crippen molar-refractivity contribution in [2.45, 2.75) is 39.7 Å². The highest BCUT2D eigenvalue weighted by molar-refractivity contribution is 6.27. The summed E-state index contributed by atoms with van der Waals surface area (Å²) in [7, 11) is 0. The van der Waals surface area contributed by atoms with Crippen LogP contribution in [0.5, 0.6) is 5.88 Å². The van der Waals surface area contributed by atoms with Crippen molar-refractivity contribution in [2.24, 2.45) is 11.7 Å². The number of aryl methyl sites for hydroxylation is 1. The van der Waals surface area contributed by atoms with Gasteiger partial charge in [-0.25, -0.2) is 4.79 Å². The van der Waals surface area contributed by atoms with Crippen LogP contribution in [0.1, 0.15) is 32.4 Å². The lowest BCUT2D eigenvalue weighted by Gasteiger charge is -2.26. The average Bonchev–Trinajstić information content (AvgIpc) is 3.01. The summed E-state index contributed by atoms with van der Waals surface area (Å²) in [5.41, 5.74) is 7.42. The largest absolute Gasteiger partial charge is 0.414 e. The molecule has 1 rings (SSSR count). The smallest absolute Gasteiger partial charge is 0.388 e. The van der Waals surface area contributed by atoms with Crippen LogP contribution in [-0.2, 0) is 14.4 Å². The lowest BCUT2D eigenvalue weighted by Crippen LogP contribution is -2.55. The Bertz CT molecular complexity index is 707. The number of hydrogen-bond acceptors (Lipinski definition) is 7. The van der Waals surface area contributed by atoms with Gasteiger partial charge in [-0.05, 0) is 24.4 Å². The molecule has 0 fully saturated rings. The number of halogens is 1.